The van der Waals surface area contributed by atoms with Gasteiger partial charge in [-0.3, -0.25) is 0 Å². The maximum Gasteiger partial charge on any atom is 0.139 e. The Labute approximate surface area is 309 Å². The molecule has 2 nitrogen and oxygen atoms in total. The third-order valence-electron chi connectivity index (χ3n) is 11.9. The molecule has 0 unspecified atom stereocenters. The first kappa shape index (κ1) is 30.1. The fourth-order valence-electron chi connectivity index (χ4n) is 9.71. The Kier molecular flexibility index (Phi) is 6.25. The van der Waals surface area contributed by atoms with Crippen molar-refractivity contribution in [3.8, 4) is 44.8 Å². The molecule has 0 amide bonds. The van der Waals surface area contributed by atoms with Crippen LogP contribution >= 0.6 is 0 Å². The van der Waals surface area contributed by atoms with Gasteiger partial charge in [-0.1, -0.05) is 172 Å². The molecule has 1 spiro atoms. The van der Waals surface area contributed by atoms with Crippen molar-refractivity contribution in [1.82, 2.24) is 4.98 Å². The summed E-state index contributed by atoms with van der Waals surface area (Å²) in [5.41, 5.74) is 17.8. The summed E-state index contributed by atoms with van der Waals surface area (Å²) < 4.78 is 7.14. The summed E-state index contributed by atoms with van der Waals surface area (Å²) >= 11 is 0. The summed E-state index contributed by atoms with van der Waals surface area (Å²) in [6.45, 7) is 4.74. The Morgan fingerprint density at radius 3 is 1.70 bits per heavy atom. The van der Waals surface area contributed by atoms with Crippen LogP contribution in [-0.4, -0.2) is 4.98 Å². The number of pyridine rings is 1. The van der Waals surface area contributed by atoms with E-state index >= 15 is 0 Å². The van der Waals surface area contributed by atoms with Gasteiger partial charge in [0, 0.05) is 32.9 Å². The van der Waals surface area contributed by atoms with Gasteiger partial charge in [0.05, 0.1) is 16.8 Å². The fraction of sp³-hybridized carbons (Fsp3) is 0.0784. The minimum atomic E-state index is -0.471. The van der Waals surface area contributed by atoms with Crippen molar-refractivity contribution >= 4 is 21.9 Å². The average molecular weight is 678 g/mol. The van der Waals surface area contributed by atoms with Crippen LogP contribution < -0.4 is 0 Å². The quantitative estimate of drug-likeness (QED) is 0.186. The summed E-state index contributed by atoms with van der Waals surface area (Å²) in [5.74, 6) is 0. The minimum Gasteiger partial charge on any atom is -0.456 e. The normalized spacial score (nSPS) is 14.5. The molecule has 2 heterocycles. The molecule has 11 rings (SSSR count). The lowest BCUT2D eigenvalue weighted by atomic mass is 9.55. The third-order valence-corrected chi connectivity index (χ3v) is 11.9. The highest BCUT2D eigenvalue weighted by molar-refractivity contribution is 6.14. The number of nitrogens with zero attached hydrogens (tertiary/aromatic N) is 1. The van der Waals surface area contributed by atoms with Crippen LogP contribution in [0.4, 0.5) is 0 Å². The second kappa shape index (κ2) is 11.0. The molecule has 0 N–H and O–H groups in total. The third kappa shape index (κ3) is 4.06. The Morgan fingerprint density at radius 1 is 0.434 bits per heavy atom. The van der Waals surface area contributed by atoms with Crippen molar-refractivity contribution in [2.45, 2.75) is 24.7 Å². The number of fused-ring (bicyclic) bond motifs is 13. The van der Waals surface area contributed by atoms with Crippen LogP contribution in [0.15, 0.2) is 180 Å². The highest BCUT2D eigenvalue weighted by atomic mass is 16.3. The monoisotopic (exact) mass is 677 g/mol. The van der Waals surface area contributed by atoms with Gasteiger partial charge in [-0.05, 0) is 68.3 Å². The zero-order chi connectivity index (χ0) is 35.3. The van der Waals surface area contributed by atoms with Crippen molar-refractivity contribution in [2.24, 2.45) is 0 Å². The van der Waals surface area contributed by atoms with Gasteiger partial charge < -0.3 is 4.42 Å². The van der Waals surface area contributed by atoms with E-state index in [4.69, 9.17) is 9.40 Å². The Morgan fingerprint density at radius 2 is 1.00 bits per heavy atom. The van der Waals surface area contributed by atoms with Gasteiger partial charge in [-0.25, -0.2) is 4.98 Å². The Balaban J connectivity index is 1.23. The van der Waals surface area contributed by atoms with Crippen LogP contribution in [0, 0.1) is 0 Å². The molecule has 53 heavy (non-hydrogen) atoms. The van der Waals surface area contributed by atoms with Crippen molar-refractivity contribution in [1.29, 1.82) is 0 Å². The van der Waals surface area contributed by atoms with Crippen LogP contribution in [0.3, 0.4) is 0 Å². The average Bonchev–Trinajstić information content (AvgIpc) is 3.75. The van der Waals surface area contributed by atoms with Crippen molar-refractivity contribution in [2.75, 3.05) is 0 Å². The largest absolute Gasteiger partial charge is 0.456 e. The van der Waals surface area contributed by atoms with Crippen LogP contribution in [0.25, 0.3) is 66.7 Å². The van der Waals surface area contributed by atoms with Crippen LogP contribution in [-0.2, 0) is 10.8 Å². The Bertz CT molecular complexity index is 2810. The highest BCUT2D eigenvalue weighted by Gasteiger charge is 2.54. The first-order chi connectivity index (χ1) is 26.0. The summed E-state index contributed by atoms with van der Waals surface area (Å²) in [7, 11) is 0. The standard InChI is InChI=1S/C51H35NO/c1-50(2)41-25-13-14-26-42(41)51(39-23-11-9-20-35(39)36-21-10-12-24-40(36)51)43-29-28-38-47-37(22-15-27-46(47)53-49(38)48(43)50)45-31-34(32-16-5-3-6-17-32)30-44(52-45)33-18-7-4-8-19-33/h3-31H,1-2H3. The molecule has 2 aromatic heterocycles. The number of benzene rings is 7. The van der Waals surface area contributed by atoms with E-state index in [1.807, 2.05) is 0 Å². The van der Waals surface area contributed by atoms with E-state index < -0.39 is 5.41 Å². The van der Waals surface area contributed by atoms with E-state index in [1.54, 1.807) is 0 Å². The molecular weight excluding hydrogens is 643 g/mol. The van der Waals surface area contributed by atoms with Crippen LogP contribution in [0.5, 0.6) is 0 Å². The molecule has 0 saturated heterocycles. The topological polar surface area (TPSA) is 26.0 Å². The van der Waals surface area contributed by atoms with E-state index in [0.717, 1.165) is 55.6 Å². The smallest absolute Gasteiger partial charge is 0.139 e. The molecule has 2 heteroatoms. The lowest BCUT2D eigenvalue weighted by Gasteiger charge is -2.46. The number of furan rings is 1. The summed E-state index contributed by atoms with van der Waals surface area (Å²) in [4.78, 5) is 5.35. The molecule has 0 radical (unpaired) electrons. The number of rotatable bonds is 3. The van der Waals surface area contributed by atoms with E-state index in [-0.39, 0.29) is 5.41 Å². The molecule has 2 aliphatic rings. The molecule has 0 saturated carbocycles. The van der Waals surface area contributed by atoms with Gasteiger partial charge in [0.1, 0.15) is 11.2 Å². The number of hydrogen-bond acceptors (Lipinski definition) is 2. The van der Waals surface area contributed by atoms with Crippen molar-refractivity contribution in [3.05, 3.63) is 209 Å². The van der Waals surface area contributed by atoms with Gasteiger partial charge in [-0.2, -0.15) is 0 Å². The second-order valence-electron chi connectivity index (χ2n) is 15.0. The highest BCUT2D eigenvalue weighted by Crippen LogP contribution is 2.63. The molecule has 2 aliphatic carbocycles. The molecule has 0 bridgehead atoms. The zero-order valence-electron chi connectivity index (χ0n) is 29.6. The lowest BCUT2D eigenvalue weighted by molar-refractivity contribution is 0.551. The van der Waals surface area contributed by atoms with Crippen molar-refractivity contribution < 1.29 is 4.42 Å². The first-order valence-corrected chi connectivity index (χ1v) is 18.5. The van der Waals surface area contributed by atoms with E-state index in [9.17, 15) is 0 Å². The first-order valence-electron chi connectivity index (χ1n) is 18.5. The minimum absolute atomic E-state index is 0.330. The van der Waals surface area contributed by atoms with Gasteiger partial charge in [-0.15, -0.1) is 0 Å². The van der Waals surface area contributed by atoms with Crippen LogP contribution in [0.1, 0.15) is 47.2 Å². The molecule has 0 atom stereocenters. The molecule has 0 fully saturated rings. The van der Waals surface area contributed by atoms with E-state index in [2.05, 4.69) is 190 Å². The van der Waals surface area contributed by atoms with Gasteiger partial charge in [0.25, 0.3) is 0 Å². The fourth-order valence-corrected chi connectivity index (χ4v) is 9.71. The maximum absolute atomic E-state index is 7.14. The van der Waals surface area contributed by atoms with E-state index in [0.29, 0.717) is 0 Å². The van der Waals surface area contributed by atoms with Gasteiger partial charge >= 0.3 is 0 Å². The molecule has 0 aliphatic heterocycles. The molecule has 7 aromatic carbocycles. The second-order valence-corrected chi connectivity index (χ2v) is 15.0. The Hall–Kier alpha value is -6.51. The predicted molar refractivity (Wildman–Crippen MR) is 217 cm³/mol. The number of aromatic nitrogens is 1. The summed E-state index contributed by atoms with van der Waals surface area (Å²) in [6, 6.07) is 63.7. The van der Waals surface area contributed by atoms with Crippen molar-refractivity contribution in [3.63, 3.8) is 0 Å². The molecular formula is C51H35NO. The maximum atomic E-state index is 7.14. The number of hydrogen-bond donors (Lipinski definition) is 0. The zero-order valence-corrected chi connectivity index (χ0v) is 29.6. The molecule has 250 valence electrons. The predicted octanol–water partition coefficient (Wildman–Crippen LogP) is 13.0. The lowest BCUT2D eigenvalue weighted by Crippen LogP contribution is -2.40. The van der Waals surface area contributed by atoms with E-state index in [1.165, 1.54) is 44.5 Å². The SMILES string of the molecule is CC1(C)c2ccccc2C2(c3ccccc3-c3ccccc32)c2ccc3c(oc4cccc(-c5cc(-c6ccccc6)cc(-c6ccccc6)n5)c43)c21. The molecule has 9 aromatic rings. The van der Waals surface area contributed by atoms with Gasteiger partial charge in [0.15, 0.2) is 0 Å². The summed E-state index contributed by atoms with van der Waals surface area (Å²) in [5, 5.41) is 2.21. The summed E-state index contributed by atoms with van der Waals surface area (Å²) in [6.07, 6.45) is 0. The van der Waals surface area contributed by atoms with Gasteiger partial charge in [0.2, 0.25) is 0 Å². The van der Waals surface area contributed by atoms with Crippen LogP contribution in [0.2, 0.25) is 0 Å².